The van der Waals surface area contributed by atoms with Gasteiger partial charge in [-0.2, -0.15) is 0 Å². The van der Waals surface area contributed by atoms with E-state index in [2.05, 4.69) is 0 Å². The standard InChI is InChI=1S/C9H12O5/c1-9(2)13-7-6-4(3-5(10)12-6)11-8(7)14-9/h4,6-8H,3H2,1-2H3/t4-,6+,7?,8-/m1/s1. The van der Waals surface area contributed by atoms with Gasteiger partial charge in [-0.25, -0.2) is 0 Å². The Kier molecular flexibility index (Phi) is 1.53. The molecule has 0 aromatic heterocycles. The van der Waals surface area contributed by atoms with Crippen LogP contribution < -0.4 is 0 Å². The third-order valence-corrected chi connectivity index (χ3v) is 2.72. The molecule has 1 unspecified atom stereocenters. The fraction of sp³-hybridized carbons (Fsp3) is 0.889. The fourth-order valence-corrected chi connectivity index (χ4v) is 2.22. The van der Waals surface area contributed by atoms with Crippen molar-refractivity contribution in [2.45, 2.75) is 50.7 Å². The first-order chi connectivity index (χ1) is 6.55. The second kappa shape index (κ2) is 2.48. The first-order valence-corrected chi connectivity index (χ1v) is 4.76. The summed E-state index contributed by atoms with van der Waals surface area (Å²) < 4.78 is 21.8. The largest absolute Gasteiger partial charge is 0.456 e. The lowest BCUT2D eigenvalue weighted by molar-refractivity contribution is -0.209. The molecule has 3 heterocycles. The first kappa shape index (κ1) is 8.64. The Balaban J connectivity index is 1.81. The molecule has 5 heteroatoms. The highest BCUT2D eigenvalue weighted by atomic mass is 16.8. The number of rotatable bonds is 0. The van der Waals surface area contributed by atoms with Gasteiger partial charge in [-0.3, -0.25) is 4.79 Å². The molecule has 3 saturated heterocycles. The number of esters is 1. The summed E-state index contributed by atoms with van der Waals surface area (Å²) in [6.45, 7) is 3.64. The molecule has 78 valence electrons. The maximum Gasteiger partial charge on any atom is 0.309 e. The van der Waals surface area contributed by atoms with Crippen LogP contribution in [0.25, 0.3) is 0 Å². The Morgan fingerprint density at radius 1 is 1.29 bits per heavy atom. The zero-order chi connectivity index (χ0) is 9.92. The molecule has 0 aromatic rings. The van der Waals surface area contributed by atoms with Gasteiger partial charge < -0.3 is 18.9 Å². The number of hydrogen-bond donors (Lipinski definition) is 0. The zero-order valence-electron chi connectivity index (χ0n) is 8.06. The minimum atomic E-state index is -0.644. The van der Waals surface area contributed by atoms with Gasteiger partial charge in [0.2, 0.25) is 0 Å². The van der Waals surface area contributed by atoms with Crippen molar-refractivity contribution in [2.75, 3.05) is 0 Å². The van der Waals surface area contributed by atoms with Crippen LogP contribution in [-0.2, 0) is 23.7 Å². The SMILES string of the molecule is CC1(C)OC2[C@H](O[C@@H]3CC(=O)O[C@H]23)O1. The van der Waals surface area contributed by atoms with Crippen molar-refractivity contribution >= 4 is 5.97 Å². The lowest BCUT2D eigenvalue weighted by Gasteiger charge is -2.20. The first-order valence-electron chi connectivity index (χ1n) is 4.76. The monoisotopic (exact) mass is 200 g/mol. The van der Waals surface area contributed by atoms with Crippen LogP contribution in [0.4, 0.5) is 0 Å². The van der Waals surface area contributed by atoms with Crippen LogP contribution in [0.1, 0.15) is 20.3 Å². The molecule has 0 radical (unpaired) electrons. The van der Waals surface area contributed by atoms with Crippen molar-refractivity contribution in [3.05, 3.63) is 0 Å². The highest BCUT2D eigenvalue weighted by molar-refractivity contribution is 5.73. The molecule has 0 aliphatic carbocycles. The third kappa shape index (κ3) is 1.09. The van der Waals surface area contributed by atoms with Crippen LogP contribution >= 0.6 is 0 Å². The van der Waals surface area contributed by atoms with Gasteiger partial charge in [0.05, 0.1) is 6.42 Å². The Morgan fingerprint density at radius 3 is 2.86 bits per heavy atom. The van der Waals surface area contributed by atoms with E-state index < -0.39 is 5.79 Å². The number of ether oxygens (including phenoxy) is 4. The van der Waals surface area contributed by atoms with Gasteiger partial charge in [-0.15, -0.1) is 0 Å². The van der Waals surface area contributed by atoms with Gasteiger partial charge in [0, 0.05) is 0 Å². The molecule has 0 saturated carbocycles. The summed E-state index contributed by atoms with van der Waals surface area (Å²) >= 11 is 0. The highest BCUT2D eigenvalue weighted by Gasteiger charge is 2.59. The highest BCUT2D eigenvalue weighted by Crippen LogP contribution is 2.41. The minimum absolute atomic E-state index is 0.186. The Bertz CT molecular complexity index is 287. The van der Waals surface area contributed by atoms with E-state index in [1.807, 2.05) is 13.8 Å². The second-order valence-electron chi connectivity index (χ2n) is 4.30. The van der Waals surface area contributed by atoms with Gasteiger partial charge in [0.25, 0.3) is 0 Å². The predicted molar refractivity (Wildman–Crippen MR) is 43.2 cm³/mol. The number of hydrogen-bond acceptors (Lipinski definition) is 5. The molecule has 0 spiro atoms. The van der Waals surface area contributed by atoms with Crippen molar-refractivity contribution in [3.8, 4) is 0 Å². The maximum absolute atomic E-state index is 11.0. The lowest BCUT2D eigenvalue weighted by atomic mass is 10.1. The molecule has 5 nitrogen and oxygen atoms in total. The quantitative estimate of drug-likeness (QED) is 0.522. The van der Waals surface area contributed by atoms with Crippen molar-refractivity contribution in [1.82, 2.24) is 0 Å². The second-order valence-corrected chi connectivity index (χ2v) is 4.30. The smallest absolute Gasteiger partial charge is 0.309 e. The summed E-state index contributed by atoms with van der Waals surface area (Å²) in [7, 11) is 0. The van der Waals surface area contributed by atoms with E-state index in [1.54, 1.807) is 0 Å². The van der Waals surface area contributed by atoms with Gasteiger partial charge >= 0.3 is 5.97 Å². The van der Waals surface area contributed by atoms with Gasteiger partial charge in [-0.05, 0) is 13.8 Å². The topological polar surface area (TPSA) is 54.0 Å². The molecule has 4 atom stereocenters. The van der Waals surface area contributed by atoms with Crippen LogP contribution in [0.15, 0.2) is 0 Å². The molecular formula is C9H12O5. The number of carbonyl (C=O) groups excluding carboxylic acids is 1. The lowest BCUT2D eigenvalue weighted by Crippen LogP contribution is -2.32. The van der Waals surface area contributed by atoms with Crippen molar-refractivity contribution in [1.29, 1.82) is 0 Å². The van der Waals surface area contributed by atoms with Gasteiger partial charge in [0.1, 0.15) is 6.10 Å². The van der Waals surface area contributed by atoms with E-state index in [4.69, 9.17) is 18.9 Å². The normalized spacial score (nSPS) is 48.9. The van der Waals surface area contributed by atoms with E-state index in [0.29, 0.717) is 6.42 Å². The van der Waals surface area contributed by atoms with Crippen LogP contribution in [0.5, 0.6) is 0 Å². The Morgan fingerprint density at radius 2 is 2.07 bits per heavy atom. The summed E-state index contributed by atoms with van der Waals surface area (Å²) in [5, 5.41) is 0. The van der Waals surface area contributed by atoms with E-state index in [9.17, 15) is 4.79 Å². The maximum atomic E-state index is 11.0. The summed E-state index contributed by atoms with van der Waals surface area (Å²) in [4.78, 5) is 11.0. The molecule has 3 fully saturated rings. The van der Waals surface area contributed by atoms with Crippen molar-refractivity contribution in [3.63, 3.8) is 0 Å². The van der Waals surface area contributed by atoms with Crippen LogP contribution in [0, 0.1) is 0 Å². The fourth-order valence-electron chi connectivity index (χ4n) is 2.22. The molecule has 3 aliphatic heterocycles. The van der Waals surface area contributed by atoms with Crippen LogP contribution in [0.3, 0.4) is 0 Å². The Labute approximate surface area is 81.3 Å². The van der Waals surface area contributed by atoms with Crippen molar-refractivity contribution in [2.24, 2.45) is 0 Å². The van der Waals surface area contributed by atoms with Crippen molar-refractivity contribution < 1.29 is 23.7 Å². The molecule has 3 rings (SSSR count). The minimum Gasteiger partial charge on any atom is -0.456 e. The van der Waals surface area contributed by atoms with E-state index in [-0.39, 0.29) is 30.6 Å². The van der Waals surface area contributed by atoms with Crippen LogP contribution in [0.2, 0.25) is 0 Å². The molecule has 0 bridgehead atoms. The summed E-state index contributed by atoms with van der Waals surface area (Å²) in [6.07, 6.45) is -0.803. The average molecular weight is 200 g/mol. The molecule has 0 amide bonds. The van der Waals surface area contributed by atoms with E-state index in [0.717, 1.165) is 0 Å². The molecular weight excluding hydrogens is 188 g/mol. The molecule has 3 aliphatic rings. The van der Waals surface area contributed by atoms with Gasteiger partial charge in [-0.1, -0.05) is 0 Å². The average Bonchev–Trinajstić information content (AvgIpc) is 2.58. The Hall–Kier alpha value is -0.650. The van der Waals surface area contributed by atoms with Gasteiger partial charge in [0.15, 0.2) is 24.3 Å². The zero-order valence-corrected chi connectivity index (χ0v) is 8.06. The number of fused-ring (bicyclic) bond motifs is 3. The molecule has 14 heavy (non-hydrogen) atoms. The van der Waals surface area contributed by atoms with E-state index in [1.165, 1.54) is 0 Å². The number of carbonyl (C=O) groups is 1. The van der Waals surface area contributed by atoms with Crippen LogP contribution in [-0.4, -0.2) is 36.4 Å². The summed E-state index contributed by atoms with van der Waals surface area (Å²) in [5.74, 6) is -0.860. The predicted octanol–water partition coefficient (Wildman–Crippen LogP) is 0.178. The molecule has 0 aromatic carbocycles. The van der Waals surface area contributed by atoms with E-state index >= 15 is 0 Å². The molecule has 0 N–H and O–H groups in total. The summed E-state index contributed by atoms with van der Waals surface area (Å²) in [6, 6.07) is 0. The summed E-state index contributed by atoms with van der Waals surface area (Å²) in [5.41, 5.74) is 0. The third-order valence-electron chi connectivity index (χ3n) is 2.72.